The number of carbonyl (C=O) groups is 5. The van der Waals surface area contributed by atoms with Gasteiger partial charge in [-0.2, -0.15) is 0 Å². The fraction of sp³-hybridized carbons (Fsp3) is 0.560. The zero-order valence-corrected chi connectivity index (χ0v) is 25.3. The number of esters is 1. The molecule has 1 aromatic rings. The summed E-state index contributed by atoms with van der Waals surface area (Å²) in [5, 5.41) is 15.7. The molecule has 0 aromatic carbocycles. The maximum atomic E-state index is 13.4. The van der Waals surface area contributed by atoms with Crippen LogP contribution in [0.3, 0.4) is 0 Å². The van der Waals surface area contributed by atoms with Gasteiger partial charge in [0.15, 0.2) is 10.8 Å². The van der Waals surface area contributed by atoms with Crippen molar-refractivity contribution in [2.75, 3.05) is 32.2 Å². The van der Waals surface area contributed by atoms with Crippen molar-refractivity contribution in [3.8, 4) is 0 Å². The highest BCUT2D eigenvalue weighted by atomic mass is 32.2. The van der Waals surface area contributed by atoms with Crippen LogP contribution in [0.1, 0.15) is 44.7 Å². The standard InChI is InChI=1S/C25H32N6O10S2/c1-12(40-25(36)41-14-7-5-4-6-8-14)39-22(34)18-13(9-38-24(35)30(2)3)10-42-21-17(20(33)31(18)21)28-19(32)16(29-37)15-11-43-23(26)27-15/h11-12,14,17,21,37H,4-10H2,1-3H3,(H2,26,27)(H,28,32)/b29-16-/t12?,17?,21-/m0/s1. The quantitative estimate of drug-likeness (QED) is 0.0667. The molecule has 3 amide bonds. The van der Waals surface area contributed by atoms with Crippen LogP contribution in [0.5, 0.6) is 0 Å². The van der Waals surface area contributed by atoms with Crippen LogP contribution in [-0.4, -0.2) is 106 Å². The fourth-order valence-corrected chi connectivity index (χ4v) is 6.47. The molecule has 0 bridgehead atoms. The van der Waals surface area contributed by atoms with Crippen molar-refractivity contribution < 1.29 is 48.1 Å². The van der Waals surface area contributed by atoms with E-state index in [4.69, 9.17) is 24.7 Å². The first-order valence-corrected chi connectivity index (χ1v) is 15.3. The van der Waals surface area contributed by atoms with Crippen LogP contribution in [0, 0.1) is 0 Å². The number of anilines is 1. The van der Waals surface area contributed by atoms with Gasteiger partial charge in [-0.1, -0.05) is 11.6 Å². The third-order valence-electron chi connectivity index (χ3n) is 6.69. The second-order valence-electron chi connectivity index (χ2n) is 10.0. The molecule has 1 saturated heterocycles. The van der Waals surface area contributed by atoms with Crippen molar-refractivity contribution in [3.63, 3.8) is 0 Å². The SMILES string of the molecule is CC(OC(=O)OC1CCCCC1)OC(=O)C1=C(COC(=O)N(C)C)CS[C@H]2C(NC(=O)/C(=N\O)c3csc(N)n3)C(=O)N12. The lowest BCUT2D eigenvalue weighted by molar-refractivity contribution is -0.170. The van der Waals surface area contributed by atoms with E-state index in [2.05, 4.69) is 15.5 Å². The van der Waals surface area contributed by atoms with Gasteiger partial charge in [0.2, 0.25) is 6.29 Å². The van der Waals surface area contributed by atoms with Crippen LogP contribution in [0.2, 0.25) is 0 Å². The van der Waals surface area contributed by atoms with E-state index in [1.165, 1.54) is 43.1 Å². The minimum absolute atomic E-state index is 0.0209. The number of thiazole rings is 1. The number of amides is 3. The number of nitrogens with one attached hydrogen (secondary N) is 1. The number of hydrogen-bond donors (Lipinski definition) is 3. The van der Waals surface area contributed by atoms with E-state index in [-0.39, 0.29) is 40.6 Å². The summed E-state index contributed by atoms with van der Waals surface area (Å²) in [6.45, 7) is 0.997. The third-order valence-corrected chi connectivity index (χ3v) is 8.71. The first-order chi connectivity index (χ1) is 20.5. The number of nitrogen functional groups attached to an aromatic ring is 1. The molecule has 234 valence electrons. The van der Waals surface area contributed by atoms with Crippen LogP contribution in [0.15, 0.2) is 21.8 Å². The Kier molecular flexibility index (Phi) is 10.3. The molecule has 0 radical (unpaired) electrons. The van der Waals surface area contributed by atoms with Crippen LogP contribution in [-0.2, 0) is 33.3 Å². The van der Waals surface area contributed by atoms with Gasteiger partial charge >= 0.3 is 18.2 Å². The molecule has 2 unspecified atom stereocenters. The van der Waals surface area contributed by atoms with Crippen molar-refractivity contribution in [2.24, 2.45) is 5.16 Å². The Morgan fingerprint density at radius 1 is 1.23 bits per heavy atom. The second kappa shape index (κ2) is 13.9. The highest BCUT2D eigenvalue weighted by Gasteiger charge is 2.55. The molecule has 43 heavy (non-hydrogen) atoms. The van der Waals surface area contributed by atoms with Crippen molar-refractivity contribution in [2.45, 2.75) is 62.8 Å². The molecule has 2 fully saturated rings. The third kappa shape index (κ3) is 7.48. The Morgan fingerprint density at radius 3 is 2.58 bits per heavy atom. The lowest BCUT2D eigenvalue weighted by Crippen LogP contribution is -2.71. The first-order valence-electron chi connectivity index (χ1n) is 13.3. The predicted octanol–water partition coefficient (Wildman–Crippen LogP) is 1.63. The number of fused-ring (bicyclic) bond motifs is 1. The van der Waals surface area contributed by atoms with E-state index in [1.807, 2.05) is 0 Å². The smallest absolute Gasteiger partial charge is 0.445 e. The van der Waals surface area contributed by atoms with Crippen LogP contribution < -0.4 is 11.1 Å². The molecular weight excluding hydrogens is 608 g/mol. The molecule has 3 atom stereocenters. The summed E-state index contributed by atoms with van der Waals surface area (Å²) in [6.07, 6.45) is 1.11. The van der Waals surface area contributed by atoms with Crippen molar-refractivity contribution in [3.05, 3.63) is 22.3 Å². The molecule has 2 aliphatic heterocycles. The number of oxime groups is 1. The number of nitrogens with zero attached hydrogens (tertiary/aromatic N) is 4. The van der Waals surface area contributed by atoms with E-state index in [9.17, 15) is 29.2 Å². The summed E-state index contributed by atoms with van der Waals surface area (Å²) in [5.41, 5.74) is 5.24. The average Bonchev–Trinajstić information content (AvgIpc) is 3.39. The second-order valence-corrected chi connectivity index (χ2v) is 12.0. The van der Waals surface area contributed by atoms with E-state index in [1.54, 1.807) is 0 Å². The molecular formula is C25H32N6O10S2. The molecule has 1 aromatic heterocycles. The maximum Gasteiger partial charge on any atom is 0.511 e. The molecule has 3 heterocycles. The average molecular weight is 641 g/mol. The van der Waals surface area contributed by atoms with E-state index >= 15 is 0 Å². The number of carbonyl (C=O) groups excluding carboxylic acids is 5. The van der Waals surface area contributed by atoms with E-state index in [0.29, 0.717) is 0 Å². The molecule has 4 N–H and O–H groups in total. The summed E-state index contributed by atoms with van der Waals surface area (Å²) in [5.74, 6) is -2.43. The Hall–Kier alpha value is -4.06. The van der Waals surface area contributed by atoms with E-state index < -0.39 is 53.4 Å². The summed E-state index contributed by atoms with van der Waals surface area (Å²) in [7, 11) is 2.97. The van der Waals surface area contributed by atoms with Crippen LogP contribution in [0.4, 0.5) is 14.7 Å². The Balaban J connectivity index is 1.46. The summed E-state index contributed by atoms with van der Waals surface area (Å²) in [4.78, 5) is 70.0. The number of thioether (sulfide) groups is 1. The number of nitrogens with two attached hydrogens (primary N) is 1. The molecule has 0 spiro atoms. The van der Waals surface area contributed by atoms with Gasteiger partial charge in [0.25, 0.3) is 11.8 Å². The maximum absolute atomic E-state index is 13.4. The van der Waals surface area contributed by atoms with Gasteiger partial charge < -0.3 is 40.1 Å². The van der Waals surface area contributed by atoms with Gasteiger partial charge in [-0.15, -0.1) is 23.1 Å². The zero-order valence-electron chi connectivity index (χ0n) is 23.6. The molecule has 1 aliphatic carbocycles. The van der Waals surface area contributed by atoms with Gasteiger partial charge in [0.05, 0.1) is 0 Å². The fourth-order valence-electron chi connectivity index (χ4n) is 4.59. The predicted molar refractivity (Wildman–Crippen MR) is 152 cm³/mol. The summed E-state index contributed by atoms with van der Waals surface area (Å²) in [6, 6.07) is -1.10. The van der Waals surface area contributed by atoms with Crippen LogP contribution in [0.25, 0.3) is 0 Å². The highest BCUT2D eigenvalue weighted by Crippen LogP contribution is 2.41. The lowest BCUT2D eigenvalue weighted by Gasteiger charge is -2.49. The molecule has 4 rings (SSSR count). The Morgan fingerprint density at radius 2 is 1.95 bits per heavy atom. The Bertz CT molecular complexity index is 1330. The highest BCUT2D eigenvalue weighted by molar-refractivity contribution is 8.00. The topological polar surface area (TPSA) is 212 Å². The van der Waals surface area contributed by atoms with Gasteiger partial charge in [-0.25, -0.2) is 19.4 Å². The van der Waals surface area contributed by atoms with Gasteiger partial charge in [0.1, 0.15) is 35.5 Å². The van der Waals surface area contributed by atoms with Gasteiger partial charge in [-0.05, 0) is 25.7 Å². The van der Waals surface area contributed by atoms with Crippen molar-refractivity contribution >= 4 is 64.0 Å². The van der Waals surface area contributed by atoms with Crippen molar-refractivity contribution in [1.82, 2.24) is 20.1 Å². The minimum Gasteiger partial charge on any atom is -0.445 e. The first kappa shape index (κ1) is 31.9. The van der Waals surface area contributed by atoms with Crippen LogP contribution >= 0.6 is 23.1 Å². The number of rotatable bonds is 9. The van der Waals surface area contributed by atoms with E-state index in [0.717, 1.165) is 48.3 Å². The number of β-lactam (4-membered cyclic amide) rings is 1. The number of aromatic nitrogens is 1. The monoisotopic (exact) mass is 640 g/mol. The zero-order chi connectivity index (χ0) is 31.3. The van der Waals surface area contributed by atoms with Gasteiger partial charge in [-0.3, -0.25) is 14.5 Å². The largest absolute Gasteiger partial charge is 0.511 e. The molecule has 16 nitrogen and oxygen atoms in total. The summed E-state index contributed by atoms with van der Waals surface area (Å²) < 4.78 is 21.0. The summed E-state index contributed by atoms with van der Waals surface area (Å²) >= 11 is 2.23. The number of ether oxygens (including phenoxy) is 4. The van der Waals surface area contributed by atoms with Gasteiger partial charge in [0, 0.05) is 37.7 Å². The normalized spacial score (nSPS) is 21.2. The Labute approximate surface area is 254 Å². The molecule has 3 aliphatic rings. The minimum atomic E-state index is -1.37. The lowest BCUT2D eigenvalue weighted by atomic mass is 9.98. The molecule has 1 saturated carbocycles. The number of hydrogen-bond acceptors (Lipinski definition) is 15. The molecule has 18 heteroatoms. The van der Waals surface area contributed by atoms with Crippen molar-refractivity contribution in [1.29, 1.82) is 0 Å².